The third-order valence-electron chi connectivity index (χ3n) is 3.08. The molecule has 0 N–H and O–H groups in total. The Morgan fingerprint density at radius 3 is 2.44 bits per heavy atom. The molecule has 0 spiro atoms. The summed E-state index contributed by atoms with van der Waals surface area (Å²) < 4.78 is 39.1. The Labute approximate surface area is 109 Å². The Kier molecular flexibility index (Phi) is 4.00. The number of anilines is 1. The van der Waals surface area contributed by atoms with Crippen molar-refractivity contribution in [2.75, 3.05) is 18.0 Å². The summed E-state index contributed by atoms with van der Waals surface area (Å²) in [5.41, 5.74) is -0.198. The van der Waals surface area contributed by atoms with Crippen LogP contribution in [0.25, 0.3) is 0 Å². The fourth-order valence-corrected chi connectivity index (χ4v) is 2.32. The predicted octanol–water partition coefficient (Wildman–Crippen LogP) is 3.83. The molecule has 0 amide bonds. The molecule has 6 heteroatoms. The summed E-state index contributed by atoms with van der Waals surface area (Å²) in [6, 6.07) is 1.05. The van der Waals surface area contributed by atoms with Crippen LogP contribution in [0.15, 0.2) is 12.3 Å². The van der Waals surface area contributed by atoms with Gasteiger partial charge in [0.2, 0.25) is 0 Å². The van der Waals surface area contributed by atoms with Crippen molar-refractivity contribution in [2.24, 2.45) is 0 Å². The molecule has 1 aromatic rings. The number of rotatable bonds is 2. The molecule has 18 heavy (non-hydrogen) atoms. The maximum Gasteiger partial charge on any atom is 0.418 e. The number of hydrogen-bond acceptors (Lipinski definition) is 2. The highest BCUT2D eigenvalue weighted by atomic mass is 35.5. The quantitative estimate of drug-likeness (QED) is 0.765. The summed E-state index contributed by atoms with van der Waals surface area (Å²) >= 11 is 5.54. The first-order chi connectivity index (χ1) is 8.52. The third-order valence-corrected chi connectivity index (χ3v) is 3.35. The minimum absolute atomic E-state index is 0.0106. The Hall–Kier alpha value is -0.970. The minimum atomic E-state index is -4.36. The van der Waals surface area contributed by atoms with E-state index in [4.69, 9.17) is 11.6 Å². The van der Waals surface area contributed by atoms with Crippen molar-refractivity contribution in [3.8, 4) is 0 Å². The molecule has 1 aliphatic rings. The molecule has 0 aromatic carbocycles. The van der Waals surface area contributed by atoms with Gasteiger partial charge in [-0.05, 0) is 25.3 Å². The van der Waals surface area contributed by atoms with Crippen LogP contribution < -0.4 is 4.90 Å². The van der Waals surface area contributed by atoms with E-state index in [-0.39, 0.29) is 17.3 Å². The summed E-state index contributed by atoms with van der Waals surface area (Å²) in [4.78, 5) is 5.73. The fraction of sp³-hybridized carbons (Fsp3) is 0.583. The highest BCUT2D eigenvalue weighted by molar-refractivity contribution is 6.16. The molecule has 0 atom stereocenters. The van der Waals surface area contributed by atoms with Gasteiger partial charge in [0.05, 0.1) is 29.0 Å². The van der Waals surface area contributed by atoms with Crippen molar-refractivity contribution < 1.29 is 13.2 Å². The maximum absolute atomic E-state index is 13.0. The molecule has 0 radical (unpaired) electrons. The van der Waals surface area contributed by atoms with Crippen LogP contribution in [0.2, 0.25) is 0 Å². The normalized spacial score (nSPS) is 17.0. The second-order valence-corrected chi connectivity index (χ2v) is 4.64. The van der Waals surface area contributed by atoms with E-state index in [9.17, 15) is 13.2 Å². The van der Waals surface area contributed by atoms with E-state index in [2.05, 4.69) is 4.98 Å². The molecule has 0 saturated carbocycles. The van der Waals surface area contributed by atoms with E-state index < -0.39 is 11.7 Å². The summed E-state index contributed by atoms with van der Waals surface area (Å²) in [7, 11) is 0. The SMILES string of the molecule is FC(F)(F)c1cc(CCl)ncc1N1CCCCC1. The zero-order valence-corrected chi connectivity index (χ0v) is 10.6. The van der Waals surface area contributed by atoms with Crippen molar-refractivity contribution >= 4 is 17.3 Å². The van der Waals surface area contributed by atoms with Crippen molar-refractivity contribution in [1.82, 2.24) is 4.98 Å². The van der Waals surface area contributed by atoms with Crippen molar-refractivity contribution in [1.29, 1.82) is 0 Å². The molecule has 2 nitrogen and oxygen atoms in total. The van der Waals surface area contributed by atoms with E-state index in [1.165, 1.54) is 6.20 Å². The van der Waals surface area contributed by atoms with Gasteiger partial charge in [0.15, 0.2) is 0 Å². The minimum Gasteiger partial charge on any atom is -0.370 e. The van der Waals surface area contributed by atoms with Crippen LogP contribution in [-0.4, -0.2) is 18.1 Å². The van der Waals surface area contributed by atoms with Crippen LogP contribution in [0.5, 0.6) is 0 Å². The third kappa shape index (κ3) is 2.88. The lowest BCUT2D eigenvalue weighted by Gasteiger charge is -2.30. The first kappa shape index (κ1) is 13.5. The Bertz CT molecular complexity index is 414. The first-order valence-electron chi connectivity index (χ1n) is 5.89. The lowest BCUT2D eigenvalue weighted by molar-refractivity contribution is -0.137. The van der Waals surface area contributed by atoms with Gasteiger partial charge in [0.25, 0.3) is 0 Å². The van der Waals surface area contributed by atoms with E-state index in [1.54, 1.807) is 4.90 Å². The molecule has 100 valence electrons. The number of nitrogens with zero attached hydrogens (tertiary/aromatic N) is 2. The number of aromatic nitrogens is 1. The molecular weight excluding hydrogens is 265 g/mol. The summed E-state index contributed by atoms with van der Waals surface area (Å²) in [6.07, 6.45) is -0.142. The number of piperidine rings is 1. The molecular formula is C12H14ClF3N2. The number of alkyl halides is 4. The van der Waals surface area contributed by atoms with Crippen LogP contribution >= 0.6 is 11.6 Å². The van der Waals surface area contributed by atoms with Crippen LogP contribution in [-0.2, 0) is 12.1 Å². The summed E-state index contributed by atoms with van der Waals surface area (Å²) in [6.45, 7) is 1.32. The Morgan fingerprint density at radius 1 is 1.22 bits per heavy atom. The summed E-state index contributed by atoms with van der Waals surface area (Å²) in [5, 5.41) is 0. The van der Waals surface area contributed by atoms with E-state index >= 15 is 0 Å². The molecule has 0 unspecified atom stereocenters. The standard InChI is InChI=1S/C12H14ClF3N2/c13-7-9-6-10(12(14,15)16)11(8-17-9)18-4-2-1-3-5-18/h6,8H,1-5,7H2. The van der Waals surface area contributed by atoms with E-state index in [0.29, 0.717) is 13.1 Å². The maximum atomic E-state index is 13.0. The number of hydrogen-bond donors (Lipinski definition) is 0. The topological polar surface area (TPSA) is 16.1 Å². The van der Waals surface area contributed by atoms with Gasteiger partial charge < -0.3 is 4.90 Å². The van der Waals surface area contributed by atoms with Gasteiger partial charge in [-0.15, -0.1) is 11.6 Å². The van der Waals surface area contributed by atoms with Crippen LogP contribution in [0.3, 0.4) is 0 Å². The molecule has 1 fully saturated rings. The smallest absolute Gasteiger partial charge is 0.370 e. The van der Waals surface area contributed by atoms with Crippen molar-refractivity contribution in [3.63, 3.8) is 0 Å². The molecule has 1 aliphatic heterocycles. The molecule has 0 aliphatic carbocycles. The average molecular weight is 279 g/mol. The fourth-order valence-electron chi connectivity index (χ4n) is 2.18. The Morgan fingerprint density at radius 2 is 1.89 bits per heavy atom. The largest absolute Gasteiger partial charge is 0.418 e. The zero-order chi connectivity index (χ0) is 13.2. The Balaban J connectivity index is 2.38. The van der Waals surface area contributed by atoms with Crippen LogP contribution in [0, 0.1) is 0 Å². The molecule has 0 bridgehead atoms. The van der Waals surface area contributed by atoms with Gasteiger partial charge in [-0.1, -0.05) is 0 Å². The summed E-state index contributed by atoms with van der Waals surface area (Å²) in [5.74, 6) is -0.0106. The van der Waals surface area contributed by atoms with Crippen LogP contribution in [0.4, 0.5) is 18.9 Å². The van der Waals surface area contributed by atoms with Gasteiger partial charge in [-0.2, -0.15) is 13.2 Å². The average Bonchev–Trinajstić information content (AvgIpc) is 2.38. The van der Waals surface area contributed by atoms with Gasteiger partial charge in [0.1, 0.15) is 0 Å². The lowest BCUT2D eigenvalue weighted by atomic mass is 10.1. The van der Waals surface area contributed by atoms with Gasteiger partial charge in [-0.3, -0.25) is 4.98 Å². The highest BCUT2D eigenvalue weighted by Crippen LogP contribution is 2.37. The highest BCUT2D eigenvalue weighted by Gasteiger charge is 2.35. The second-order valence-electron chi connectivity index (χ2n) is 4.37. The molecule has 2 heterocycles. The van der Waals surface area contributed by atoms with Crippen molar-refractivity contribution in [2.45, 2.75) is 31.3 Å². The van der Waals surface area contributed by atoms with Gasteiger partial charge in [-0.25, -0.2) is 0 Å². The van der Waals surface area contributed by atoms with Gasteiger partial charge >= 0.3 is 6.18 Å². The second kappa shape index (κ2) is 5.34. The van der Waals surface area contributed by atoms with Gasteiger partial charge in [0, 0.05) is 13.1 Å². The molecule has 1 saturated heterocycles. The first-order valence-corrected chi connectivity index (χ1v) is 6.43. The lowest BCUT2D eigenvalue weighted by Crippen LogP contribution is -2.31. The number of halogens is 4. The predicted molar refractivity (Wildman–Crippen MR) is 64.9 cm³/mol. The van der Waals surface area contributed by atoms with E-state index in [1.807, 2.05) is 0 Å². The monoisotopic (exact) mass is 278 g/mol. The van der Waals surface area contributed by atoms with Crippen LogP contribution in [0.1, 0.15) is 30.5 Å². The number of pyridine rings is 1. The van der Waals surface area contributed by atoms with Crippen molar-refractivity contribution in [3.05, 3.63) is 23.5 Å². The van der Waals surface area contributed by atoms with E-state index in [0.717, 1.165) is 25.3 Å². The zero-order valence-electron chi connectivity index (χ0n) is 9.80. The molecule has 2 rings (SSSR count). The molecule has 1 aromatic heterocycles.